The maximum Gasteiger partial charge on any atom is 0.261 e. The molecule has 1 atom stereocenters. The van der Waals surface area contributed by atoms with E-state index in [-0.39, 0.29) is 10.8 Å². The summed E-state index contributed by atoms with van der Waals surface area (Å²) in [6.45, 7) is 9.21. The van der Waals surface area contributed by atoms with E-state index < -0.39 is 10.0 Å². The number of carbonyl (C=O) groups is 1. The van der Waals surface area contributed by atoms with Crippen molar-refractivity contribution in [3.63, 3.8) is 0 Å². The first-order valence-electron chi connectivity index (χ1n) is 12.0. The molecule has 4 rings (SSSR count). The van der Waals surface area contributed by atoms with Crippen molar-refractivity contribution >= 4 is 27.3 Å². The molecule has 184 valence electrons. The van der Waals surface area contributed by atoms with Crippen molar-refractivity contribution in [2.24, 2.45) is 5.92 Å². The first-order valence-corrected chi connectivity index (χ1v) is 13.5. The molecule has 7 heteroatoms. The van der Waals surface area contributed by atoms with Crippen LogP contribution in [0, 0.1) is 19.8 Å². The number of hydrogen-bond donors (Lipinski definition) is 2. The van der Waals surface area contributed by atoms with E-state index in [0.717, 1.165) is 36.7 Å². The van der Waals surface area contributed by atoms with Gasteiger partial charge in [-0.3, -0.25) is 14.4 Å². The summed E-state index contributed by atoms with van der Waals surface area (Å²) in [6.07, 6.45) is 2.54. The molecule has 6 nitrogen and oxygen atoms in total. The number of nitrogens with zero attached hydrogens (tertiary/aromatic N) is 1. The lowest BCUT2D eigenvalue weighted by molar-refractivity contribution is 0.102. The standard InChI is InChI=1S/C28H33N3O3S/c1-20-6-7-22(3)27(17-20)30-35(33,34)26-14-12-25(13-15-26)29-28(32)24-10-8-23(9-11-24)19-31-16-4-5-21(2)18-31/h6-15,17,21,30H,4-5,16,18-19H2,1-3H3,(H,29,32)/t21-/m0/s1. The van der Waals surface area contributed by atoms with Crippen molar-refractivity contribution in [3.8, 4) is 0 Å². The predicted octanol–water partition coefficient (Wildman–Crippen LogP) is 5.59. The number of anilines is 2. The fourth-order valence-electron chi connectivity index (χ4n) is 4.42. The second-order valence-electron chi connectivity index (χ2n) is 9.58. The molecular weight excluding hydrogens is 458 g/mol. The van der Waals surface area contributed by atoms with Crippen molar-refractivity contribution in [2.75, 3.05) is 23.1 Å². The zero-order chi connectivity index (χ0) is 25.0. The van der Waals surface area contributed by atoms with Crippen molar-refractivity contribution in [1.29, 1.82) is 0 Å². The van der Waals surface area contributed by atoms with Crippen molar-refractivity contribution < 1.29 is 13.2 Å². The minimum absolute atomic E-state index is 0.132. The molecule has 0 unspecified atom stereocenters. The molecule has 2 N–H and O–H groups in total. The number of hydrogen-bond acceptors (Lipinski definition) is 4. The Balaban J connectivity index is 1.37. The second-order valence-corrected chi connectivity index (χ2v) is 11.3. The molecule has 1 saturated heterocycles. The third kappa shape index (κ3) is 6.50. The number of likely N-dealkylation sites (tertiary alicyclic amines) is 1. The quantitative estimate of drug-likeness (QED) is 0.452. The van der Waals surface area contributed by atoms with Gasteiger partial charge in [0.25, 0.3) is 15.9 Å². The lowest BCUT2D eigenvalue weighted by Crippen LogP contribution is -2.33. The van der Waals surface area contributed by atoms with E-state index in [9.17, 15) is 13.2 Å². The monoisotopic (exact) mass is 491 g/mol. The highest BCUT2D eigenvalue weighted by molar-refractivity contribution is 7.92. The van der Waals surface area contributed by atoms with Crippen molar-refractivity contribution in [2.45, 2.75) is 45.1 Å². The highest BCUT2D eigenvalue weighted by Crippen LogP contribution is 2.23. The Morgan fingerprint density at radius 3 is 2.40 bits per heavy atom. The van der Waals surface area contributed by atoms with Gasteiger partial charge in [0.05, 0.1) is 10.6 Å². The average molecular weight is 492 g/mol. The van der Waals surface area contributed by atoms with E-state index >= 15 is 0 Å². The highest BCUT2D eigenvalue weighted by Gasteiger charge is 2.17. The minimum atomic E-state index is -3.74. The zero-order valence-corrected chi connectivity index (χ0v) is 21.4. The van der Waals surface area contributed by atoms with Gasteiger partial charge in [-0.25, -0.2) is 8.42 Å². The molecule has 35 heavy (non-hydrogen) atoms. The van der Waals surface area contributed by atoms with E-state index in [1.807, 2.05) is 50.2 Å². The minimum Gasteiger partial charge on any atom is -0.322 e. The molecule has 3 aromatic carbocycles. The van der Waals surface area contributed by atoms with Crippen LogP contribution in [-0.2, 0) is 16.6 Å². The molecule has 1 aliphatic rings. The van der Waals surface area contributed by atoms with Crippen LogP contribution in [0.2, 0.25) is 0 Å². The van der Waals surface area contributed by atoms with Crippen LogP contribution in [0.5, 0.6) is 0 Å². The molecular formula is C28H33N3O3S. The largest absolute Gasteiger partial charge is 0.322 e. The summed E-state index contributed by atoms with van der Waals surface area (Å²) in [6, 6.07) is 19.5. The van der Waals surface area contributed by atoms with E-state index in [4.69, 9.17) is 0 Å². The van der Waals surface area contributed by atoms with Crippen LogP contribution in [0.25, 0.3) is 0 Å². The summed E-state index contributed by atoms with van der Waals surface area (Å²) in [4.78, 5) is 15.3. The molecule has 3 aromatic rings. The number of amides is 1. The van der Waals surface area contributed by atoms with Gasteiger partial charge in [0.15, 0.2) is 0 Å². The summed E-state index contributed by atoms with van der Waals surface area (Å²) in [7, 11) is -3.74. The summed E-state index contributed by atoms with van der Waals surface area (Å²) < 4.78 is 28.3. The summed E-state index contributed by atoms with van der Waals surface area (Å²) >= 11 is 0. The van der Waals surface area contributed by atoms with E-state index in [1.165, 1.54) is 30.5 Å². The van der Waals surface area contributed by atoms with E-state index in [1.54, 1.807) is 18.2 Å². The number of carbonyl (C=O) groups excluding carboxylic acids is 1. The molecule has 0 radical (unpaired) electrons. The summed E-state index contributed by atoms with van der Waals surface area (Å²) in [5, 5.41) is 2.85. The normalized spacial score (nSPS) is 16.6. The van der Waals surface area contributed by atoms with Crippen LogP contribution in [0.4, 0.5) is 11.4 Å². The fourth-order valence-corrected chi connectivity index (χ4v) is 5.54. The molecule has 1 fully saturated rings. The number of sulfonamides is 1. The number of nitrogens with one attached hydrogen (secondary N) is 2. The van der Waals surface area contributed by atoms with Crippen LogP contribution in [-0.4, -0.2) is 32.3 Å². The van der Waals surface area contributed by atoms with Gasteiger partial charge < -0.3 is 5.32 Å². The van der Waals surface area contributed by atoms with Crippen LogP contribution < -0.4 is 10.0 Å². The van der Waals surface area contributed by atoms with Gasteiger partial charge in [-0.1, -0.05) is 31.2 Å². The molecule has 0 spiro atoms. The maximum absolute atomic E-state index is 12.8. The SMILES string of the molecule is Cc1ccc(C)c(NS(=O)(=O)c2ccc(NC(=O)c3ccc(CN4CCC[C@H](C)C4)cc3)cc2)c1. The molecule has 0 aliphatic carbocycles. The first-order chi connectivity index (χ1) is 16.7. The van der Waals surface area contributed by atoms with Crippen LogP contribution in [0.3, 0.4) is 0 Å². The maximum atomic E-state index is 12.8. The first kappa shape index (κ1) is 24.9. The Kier molecular flexibility index (Phi) is 7.57. The molecule has 1 heterocycles. The van der Waals surface area contributed by atoms with Gasteiger partial charge in [0, 0.05) is 24.3 Å². The lowest BCUT2D eigenvalue weighted by atomic mass is 9.99. The second kappa shape index (κ2) is 10.6. The van der Waals surface area contributed by atoms with Gasteiger partial charge >= 0.3 is 0 Å². The highest BCUT2D eigenvalue weighted by atomic mass is 32.2. The van der Waals surface area contributed by atoms with Gasteiger partial charge in [-0.2, -0.15) is 0 Å². The molecule has 1 aliphatic heterocycles. The number of piperidine rings is 1. The molecule has 0 saturated carbocycles. The number of aryl methyl sites for hydroxylation is 2. The molecule has 1 amide bonds. The Hall–Kier alpha value is -3.16. The van der Waals surface area contributed by atoms with Crippen LogP contribution in [0.1, 0.15) is 46.8 Å². The zero-order valence-electron chi connectivity index (χ0n) is 20.5. The van der Waals surface area contributed by atoms with Gasteiger partial charge in [0.1, 0.15) is 0 Å². The molecule has 0 bridgehead atoms. The van der Waals surface area contributed by atoms with Crippen LogP contribution >= 0.6 is 0 Å². The predicted molar refractivity (Wildman–Crippen MR) is 141 cm³/mol. The Bertz CT molecular complexity index is 1290. The summed E-state index contributed by atoms with van der Waals surface area (Å²) in [5.41, 5.74) is 4.67. The van der Waals surface area contributed by atoms with Gasteiger partial charge in [-0.05, 0) is 98.3 Å². The Morgan fingerprint density at radius 1 is 1.00 bits per heavy atom. The fraction of sp³-hybridized carbons (Fsp3) is 0.321. The van der Waals surface area contributed by atoms with Gasteiger partial charge in [0.2, 0.25) is 0 Å². The Labute approximate surface area is 208 Å². The Morgan fingerprint density at radius 2 is 1.71 bits per heavy atom. The van der Waals surface area contributed by atoms with E-state index in [2.05, 4.69) is 21.9 Å². The topological polar surface area (TPSA) is 78.5 Å². The van der Waals surface area contributed by atoms with Crippen molar-refractivity contribution in [1.82, 2.24) is 4.90 Å². The van der Waals surface area contributed by atoms with Crippen molar-refractivity contribution in [3.05, 3.63) is 89.0 Å². The van der Waals surface area contributed by atoms with Crippen LogP contribution in [0.15, 0.2) is 71.6 Å². The third-order valence-electron chi connectivity index (χ3n) is 6.42. The smallest absolute Gasteiger partial charge is 0.261 e. The number of rotatable bonds is 7. The van der Waals surface area contributed by atoms with Gasteiger partial charge in [-0.15, -0.1) is 0 Å². The molecule has 0 aromatic heterocycles. The number of benzene rings is 3. The average Bonchev–Trinajstić information content (AvgIpc) is 2.82. The third-order valence-corrected chi connectivity index (χ3v) is 7.80. The summed E-state index contributed by atoms with van der Waals surface area (Å²) in [5.74, 6) is 0.505. The lowest BCUT2D eigenvalue weighted by Gasteiger charge is -2.30. The van der Waals surface area contributed by atoms with E-state index in [0.29, 0.717) is 16.9 Å².